The second kappa shape index (κ2) is 11.5. The van der Waals surface area contributed by atoms with Gasteiger partial charge in [0.05, 0.1) is 25.0 Å². The fourth-order valence-corrected chi connectivity index (χ4v) is 4.59. The standard InChI is InChI=1S/C26H23N3O3S2/c1-32-21-11-7-19(8-12-21)23-16-34-26(28-23)29-25(31)17-33-22-13-9-20(10-14-22)27-24(30)15-18-5-3-2-4-6-18/h2-14,16H,15,17H2,1H3,(H,27,30)(H,28,29,31). The molecule has 4 rings (SSSR count). The maximum Gasteiger partial charge on any atom is 0.236 e. The number of nitrogens with zero attached hydrogens (tertiary/aromatic N) is 1. The summed E-state index contributed by atoms with van der Waals surface area (Å²) < 4.78 is 5.18. The Morgan fingerprint density at radius 3 is 2.35 bits per heavy atom. The Balaban J connectivity index is 1.24. The molecule has 2 amide bonds. The lowest BCUT2D eigenvalue weighted by Gasteiger charge is -2.07. The lowest BCUT2D eigenvalue weighted by Crippen LogP contribution is -2.14. The smallest absolute Gasteiger partial charge is 0.236 e. The Labute approximate surface area is 206 Å². The van der Waals surface area contributed by atoms with Crippen LogP contribution in [0.15, 0.2) is 89.1 Å². The van der Waals surface area contributed by atoms with Crippen molar-refractivity contribution in [3.8, 4) is 17.0 Å². The van der Waals surface area contributed by atoms with Gasteiger partial charge in [0.25, 0.3) is 0 Å². The van der Waals surface area contributed by atoms with Gasteiger partial charge in [-0.2, -0.15) is 0 Å². The lowest BCUT2D eigenvalue weighted by molar-refractivity contribution is -0.115. The number of ether oxygens (including phenoxy) is 1. The number of thiazole rings is 1. The Hall–Kier alpha value is -3.62. The minimum atomic E-state index is -0.124. The average Bonchev–Trinajstić information content (AvgIpc) is 3.32. The molecular weight excluding hydrogens is 466 g/mol. The van der Waals surface area contributed by atoms with E-state index in [4.69, 9.17) is 4.74 Å². The number of carbonyl (C=O) groups excluding carboxylic acids is 2. The second-order valence-corrected chi connectivity index (χ2v) is 9.25. The average molecular weight is 490 g/mol. The summed E-state index contributed by atoms with van der Waals surface area (Å²) >= 11 is 2.81. The summed E-state index contributed by atoms with van der Waals surface area (Å²) in [5.41, 5.74) is 3.46. The Bertz CT molecular complexity index is 1240. The zero-order chi connectivity index (χ0) is 23.8. The van der Waals surface area contributed by atoms with E-state index in [1.165, 1.54) is 23.1 Å². The molecule has 0 fully saturated rings. The highest BCUT2D eigenvalue weighted by molar-refractivity contribution is 8.00. The van der Waals surface area contributed by atoms with Crippen LogP contribution in [-0.4, -0.2) is 29.7 Å². The zero-order valence-electron chi connectivity index (χ0n) is 18.5. The Morgan fingerprint density at radius 1 is 0.912 bits per heavy atom. The largest absolute Gasteiger partial charge is 0.497 e. The first-order valence-electron chi connectivity index (χ1n) is 10.6. The summed E-state index contributed by atoms with van der Waals surface area (Å²) in [6.07, 6.45) is 0.328. The first kappa shape index (κ1) is 23.5. The third kappa shape index (κ3) is 6.69. The van der Waals surface area contributed by atoms with E-state index >= 15 is 0 Å². The summed E-state index contributed by atoms with van der Waals surface area (Å²) in [4.78, 5) is 30.0. The first-order chi connectivity index (χ1) is 16.6. The van der Waals surface area contributed by atoms with Crippen LogP contribution in [0.25, 0.3) is 11.3 Å². The normalized spacial score (nSPS) is 10.5. The maximum atomic E-state index is 12.4. The molecule has 0 spiro atoms. The zero-order valence-corrected chi connectivity index (χ0v) is 20.1. The minimum absolute atomic E-state index is 0.0663. The summed E-state index contributed by atoms with van der Waals surface area (Å²) in [7, 11) is 1.63. The van der Waals surface area contributed by atoms with E-state index in [0.717, 1.165) is 33.2 Å². The third-order valence-electron chi connectivity index (χ3n) is 4.85. The molecule has 0 aliphatic carbocycles. The molecule has 4 aromatic rings. The SMILES string of the molecule is COc1ccc(-c2csc(NC(=O)CSc3ccc(NC(=O)Cc4ccccc4)cc3)n2)cc1. The maximum absolute atomic E-state index is 12.4. The molecule has 0 unspecified atom stereocenters. The molecule has 0 atom stereocenters. The van der Waals surface area contributed by atoms with Crippen molar-refractivity contribution in [3.05, 3.63) is 89.8 Å². The van der Waals surface area contributed by atoms with Crippen LogP contribution in [0.3, 0.4) is 0 Å². The van der Waals surface area contributed by atoms with Gasteiger partial charge in [-0.15, -0.1) is 23.1 Å². The Morgan fingerprint density at radius 2 is 1.65 bits per heavy atom. The van der Waals surface area contributed by atoms with Gasteiger partial charge in [0.1, 0.15) is 5.75 Å². The van der Waals surface area contributed by atoms with Crippen molar-refractivity contribution in [1.29, 1.82) is 0 Å². The number of nitrogens with one attached hydrogen (secondary N) is 2. The molecule has 0 bridgehead atoms. The molecule has 0 saturated heterocycles. The molecule has 0 radical (unpaired) electrons. The van der Waals surface area contributed by atoms with Crippen molar-refractivity contribution < 1.29 is 14.3 Å². The van der Waals surface area contributed by atoms with Crippen LogP contribution < -0.4 is 15.4 Å². The van der Waals surface area contributed by atoms with Crippen LogP contribution in [-0.2, 0) is 16.0 Å². The predicted octanol–water partition coefficient (Wildman–Crippen LogP) is 5.73. The molecule has 6 nitrogen and oxygen atoms in total. The van der Waals surface area contributed by atoms with E-state index < -0.39 is 0 Å². The monoisotopic (exact) mass is 489 g/mol. The van der Waals surface area contributed by atoms with Crippen LogP contribution in [0.1, 0.15) is 5.56 Å². The van der Waals surface area contributed by atoms with Crippen molar-refractivity contribution >= 4 is 45.7 Å². The highest BCUT2D eigenvalue weighted by Gasteiger charge is 2.10. The lowest BCUT2D eigenvalue weighted by atomic mass is 10.1. The van der Waals surface area contributed by atoms with E-state index in [0.29, 0.717) is 11.6 Å². The molecule has 0 aliphatic heterocycles. The topological polar surface area (TPSA) is 80.3 Å². The highest BCUT2D eigenvalue weighted by Crippen LogP contribution is 2.27. The van der Waals surface area contributed by atoms with E-state index in [-0.39, 0.29) is 17.6 Å². The van der Waals surface area contributed by atoms with Crippen molar-refractivity contribution in [3.63, 3.8) is 0 Å². The van der Waals surface area contributed by atoms with Crippen LogP contribution in [0.2, 0.25) is 0 Å². The number of methoxy groups -OCH3 is 1. The number of rotatable bonds is 9. The molecule has 34 heavy (non-hydrogen) atoms. The van der Waals surface area contributed by atoms with Crippen molar-refractivity contribution in [2.24, 2.45) is 0 Å². The number of carbonyl (C=O) groups is 2. The van der Waals surface area contributed by atoms with Gasteiger partial charge in [-0.1, -0.05) is 30.3 Å². The van der Waals surface area contributed by atoms with E-state index in [9.17, 15) is 9.59 Å². The number of amides is 2. The molecule has 1 heterocycles. The van der Waals surface area contributed by atoms with Gasteiger partial charge in [0.15, 0.2) is 5.13 Å². The fourth-order valence-electron chi connectivity index (χ4n) is 3.15. The van der Waals surface area contributed by atoms with Gasteiger partial charge in [0.2, 0.25) is 11.8 Å². The van der Waals surface area contributed by atoms with Crippen molar-refractivity contribution in [2.45, 2.75) is 11.3 Å². The highest BCUT2D eigenvalue weighted by atomic mass is 32.2. The molecule has 0 saturated carbocycles. The van der Waals surface area contributed by atoms with Crippen LogP contribution in [0, 0.1) is 0 Å². The van der Waals surface area contributed by atoms with Gasteiger partial charge in [-0.05, 0) is 54.1 Å². The van der Waals surface area contributed by atoms with Crippen LogP contribution in [0.4, 0.5) is 10.8 Å². The van der Waals surface area contributed by atoms with Crippen LogP contribution in [0.5, 0.6) is 5.75 Å². The number of hydrogen-bond acceptors (Lipinski definition) is 6. The van der Waals surface area contributed by atoms with Gasteiger partial charge in [-0.3, -0.25) is 9.59 Å². The summed E-state index contributed by atoms with van der Waals surface area (Å²) in [5.74, 6) is 0.855. The third-order valence-corrected chi connectivity index (χ3v) is 6.62. The van der Waals surface area contributed by atoms with Gasteiger partial charge >= 0.3 is 0 Å². The number of aromatic nitrogens is 1. The summed E-state index contributed by atoms with van der Waals surface area (Å²) in [6, 6.07) is 24.7. The van der Waals surface area contributed by atoms with Gasteiger partial charge in [-0.25, -0.2) is 4.98 Å². The van der Waals surface area contributed by atoms with Crippen LogP contribution >= 0.6 is 23.1 Å². The summed E-state index contributed by atoms with van der Waals surface area (Å²) in [5, 5.41) is 8.22. The number of benzene rings is 3. The minimum Gasteiger partial charge on any atom is -0.497 e. The molecule has 3 aromatic carbocycles. The van der Waals surface area contributed by atoms with Gasteiger partial charge in [0, 0.05) is 21.5 Å². The molecule has 8 heteroatoms. The molecule has 0 aliphatic rings. The van der Waals surface area contributed by atoms with Gasteiger partial charge < -0.3 is 15.4 Å². The first-order valence-corrected chi connectivity index (χ1v) is 12.4. The number of hydrogen-bond donors (Lipinski definition) is 2. The number of thioether (sulfide) groups is 1. The van der Waals surface area contributed by atoms with Crippen molar-refractivity contribution in [2.75, 3.05) is 23.5 Å². The van der Waals surface area contributed by atoms with E-state index in [1.807, 2.05) is 84.2 Å². The fraction of sp³-hybridized carbons (Fsp3) is 0.115. The number of anilines is 2. The molecular formula is C26H23N3O3S2. The van der Waals surface area contributed by atoms with Crippen molar-refractivity contribution in [1.82, 2.24) is 4.98 Å². The molecule has 172 valence electrons. The second-order valence-electron chi connectivity index (χ2n) is 7.34. The van der Waals surface area contributed by atoms with E-state index in [2.05, 4.69) is 15.6 Å². The molecule has 1 aromatic heterocycles. The Kier molecular flexibility index (Phi) is 7.95. The predicted molar refractivity (Wildman–Crippen MR) is 139 cm³/mol. The summed E-state index contributed by atoms with van der Waals surface area (Å²) in [6.45, 7) is 0. The quantitative estimate of drug-likeness (QED) is 0.294. The van der Waals surface area contributed by atoms with E-state index in [1.54, 1.807) is 7.11 Å². The molecule has 2 N–H and O–H groups in total.